The number of fused-ring (bicyclic) bond motifs is 1. The highest BCUT2D eigenvalue weighted by Crippen LogP contribution is 2.30. The summed E-state index contributed by atoms with van der Waals surface area (Å²) in [7, 11) is 1.72. The lowest BCUT2D eigenvalue weighted by molar-refractivity contribution is 0.413. The van der Waals surface area contributed by atoms with E-state index in [9.17, 15) is 0 Å². The summed E-state index contributed by atoms with van der Waals surface area (Å²) in [5.41, 5.74) is 3.04. The van der Waals surface area contributed by atoms with Crippen molar-refractivity contribution in [3.05, 3.63) is 60.6 Å². The number of benzene rings is 1. The van der Waals surface area contributed by atoms with Crippen molar-refractivity contribution in [3.8, 4) is 17.1 Å². The van der Waals surface area contributed by atoms with Crippen LogP contribution in [0.5, 0.6) is 5.75 Å². The van der Waals surface area contributed by atoms with E-state index in [4.69, 9.17) is 19.8 Å². The van der Waals surface area contributed by atoms with Gasteiger partial charge in [0, 0.05) is 50.2 Å². The van der Waals surface area contributed by atoms with Crippen molar-refractivity contribution in [1.82, 2.24) is 24.6 Å². The molecule has 8 heteroatoms. The second-order valence-corrected chi connectivity index (χ2v) is 8.23. The van der Waals surface area contributed by atoms with Crippen molar-refractivity contribution >= 4 is 17.3 Å². The fourth-order valence-electron chi connectivity index (χ4n) is 4.08. The zero-order valence-electron chi connectivity index (χ0n) is 18.6. The molecular weight excluding hydrogens is 402 g/mol. The second kappa shape index (κ2) is 8.45. The maximum Gasteiger partial charge on any atom is 0.254 e. The topological polar surface area (TPSA) is 71.7 Å². The lowest BCUT2D eigenvalue weighted by Crippen LogP contribution is -2.47. The molecule has 164 valence electrons. The van der Waals surface area contributed by atoms with Crippen LogP contribution in [0.15, 0.2) is 54.9 Å². The zero-order chi connectivity index (χ0) is 22.1. The molecule has 0 saturated carbocycles. The number of anilines is 2. The van der Waals surface area contributed by atoms with Crippen molar-refractivity contribution in [2.75, 3.05) is 43.1 Å². The van der Waals surface area contributed by atoms with Crippen LogP contribution in [0.1, 0.15) is 25.5 Å². The first-order chi connectivity index (χ1) is 15.6. The first-order valence-electron chi connectivity index (χ1n) is 10.9. The molecule has 1 saturated heterocycles. The van der Waals surface area contributed by atoms with Gasteiger partial charge in [0.1, 0.15) is 11.6 Å². The smallest absolute Gasteiger partial charge is 0.254 e. The van der Waals surface area contributed by atoms with Gasteiger partial charge in [0.15, 0.2) is 5.82 Å². The van der Waals surface area contributed by atoms with Crippen LogP contribution >= 0.6 is 0 Å². The Morgan fingerprint density at radius 3 is 2.44 bits per heavy atom. The Bertz CT molecular complexity index is 1210. The van der Waals surface area contributed by atoms with E-state index in [1.54, 1.807) is 19.5 Å². The minimum absolute atomic E-state index is 0.298. The van der Waals surface area contributed by atoms with Crippen molar-refractivity contribution in [1.29, 1.82) is 0 Å². The maximum absolute atomic E-state index is 5.56. The molecule has 1 aromatic carbocycles. The Morgan fingerprint density at radius 1 is 0.938 bits per heavy atom. The number of pyridine rings is 1. The standard InChI is InChI=1S/C24H27N7O/c1-17(2)19-15-22(31-24(26-19)27-23(28-31)18-7-6-10-25-16-18)30-13-11-29(12-14-30)20-8-4-5-9-21(20)32-3/h4-10,15-17H,11-14H2,1-3H3. The SMILES string of the molecule is COc1ccccc1N1CCN(c2cc(C(C)C)nc3nc(-c4cccnc4)nn23)CC1. The Balaban J connectivity index is 1.47. The van der Waals surface area contributed by atoms with Gasteiger partial charge in [0.25, 0.3) is 5.78 Å². The number of nitrogens with zero attached hydrogens (tertiary/aromatic N) is 7. The summed E-state index contributed by atoms with van der Waals surface area (Å²) < 4.78 is 7.43. The summed E-state index contributed by atoms with van der Waals surface area (Å²) in [5, 5.41) is 4.79. The molecule has 4 aromatic rings. The molecule has 0 radical (unpaired) electrons. The first-order valence-corrected chi connectivity index (χ1v) is 10.9. The fourth-order valence-corrected chi connectivity index (χ4v) is 4.08. The van der Waals surface area contributed by atoms with Gasteiger partial charge in [-0.25, -0.2) is 4.98 Å². The van der Waals surface area contributed by atoms with Crippen LogP contribution in [0.3, 0.4) is 0 Å². The average molecular weight is 430 g/mol. The molecule has 1 aliphatic rings. The molecule has 5 rings (SSSR count). The largest absolute Gasteiger partial charge is 0.495 e. The molecule has 1 fully saturated rings. The van der Waals surface area contributed by atoms with Crippen LogP contribution in [0, 0.1) is 0 Å². The highest BCUT2D eigenvalue weighted by atomic mass is 16.5. The van der Waals surface area contributed by atoms with Crippen LogP contribution < -0.4 is 14.5 Å². The number of hydrogen-bond donors (Lipinski definition) is 0. The zero-order valence-corrected chi connectivity index (χ0v) is 18.6. The third kappa shape index (κ3) is 3.72. The van der Waals surface area contributed by atoms with Gasteiger partial charge in [0.2, 0.25) is 0 Å². The van der Waals surface area contributed by atoms with E-state index in [1.807, 2.05) is 28.8 Å². The molecule has 1 aliphatic heterocycles. The summed E-state index contributed by atoms with van der Waals surface area (Å²) in [5.74, 6) is 3.50. The van der Waals surface area contributed by atoms with Crippen LogP contribution in [0.2, 0.25) is 0 Å². The summed E-state index contributed by atoms with van der Waals surface area (Å²) in [6, 6.07) is 14.2. The number of para-hydroxylation sites is 2. The maximum atomic E-state index is 5.56. The fraction of sp³-hybridized carbons (Fsp3) is 0.333. The van der Waals surface area contributed by atoms with Crippen LogP contribution in [-0.2, 0) is 0 Å². The predicted molar refractivity (Wildman–Crippen MR) is 126 cm³/mol. The second-order valence-electron chi connectivity index (χ2n) is 8.23. The van der Waals surface area contributed by atoms with Gasteiger partial charge in [-0.2, -0.15) is 9.50 Å². The number of hydrogen-bond acceptors (Lipinski definition) is 7. The molecule has 3 aromatic heterocycles. The molecule has 8 nitrogen and oxygen atoms in total. The van der Waals surface area contributed by atoms with E-state index in [2.05, 4.69) is 46.8 Å². The van der Waals surface area contributed by atoms with Gasteiger partial charge < -0.3 is 14.5 Å². The molecule has 0 N–H and O–H groups in total. The monoisotopic (exact) mass is 429 g/mol. The summed E-state index contributed by atoms with van der Waals surface area (Å²) in [6.45, 7) is 7.84. The van der Waals surface area contributed by atoms with Gasteiger partial charge in [-0.05, 0) is 30.2 Å². The van der Waals surface area contributed by atoms with Crippen molar-refractivity contribution < 1.29 is 4.74 Å². The number of piperazine rings is 1. The average Bonchev–Trinajstić information content (AvgIpc) is 3.28. The van der Waals surface area contributed by atoms with E-state index < -0.39 is 0 Å². The normalized spacial score (nSPS) is 14.4. The van der Waals surface area contributed by atoms with Crippen molar-refractivity contribution in [2.45, 2.75) is 19.8 Å². The molecule has 4 heterocycles. The molecular formula is C24H27N7O. The Morgan fingerprint density at radius 2 is 1.72 bits per heavy atom. The minimum Gasteiger partial charge on any atom is -0.495 e. The minimum atomic E-state index is 0.298. The van der Waals surface area contributed by atoms with Gasteiger partial charge >= 0.3 is 0 Å². The van der Waals surface area contributed by atoms with Crippen LogP contribution in [0.4, 0.5) is 11.5 Å². The van der Waals surface area contributed by atoms with Crippen molar-refractivity contribution in [3.63, 3.8) is 0 Å². The number of aromatic nitrogens is 5. The molecule has 0 aliphatic carbocycles. The molecule has 0 bridgehead atoms. The number of rotatable bonds is 5. The lowest BCUT2D eigenvalue weighted by atomic mass is 10.1. The molecule has 0 unspecified atom stereocenters. The van der Waals surface area contributed by atoms with Crippen LogP contribution in [-0.4, -0.2) is 57.9 Å². The van der Waals surface area contributed by atoms with Crippen molar-refractivity contribution in [2.24, 2.45) is 0 Å². The highest BCUT2D eigenvalue weighted by Gasteiger charge is 2.23. The van der Waals surface area contributed by atoms with Gasteiger partial charge in [-0.15, -0.1) is 5.10 Å². The van der Waals surface area contributed by atoms with E-state index in [0.29, 0.717) is 17.5 Å². The van der Waals surface area contributed by atoms with Gasteiger partial charge in [-0.1, -0.05) is 26.0 Å². The molecule has 32 heavy (non-hydrogen) atoms. The quantitative estimate of drug-likeness (QED) is 0.480. The summed E-state index contributed by atoms with van der Waals surface area (Å²) in [6.07, 6.45) is 3.53. The summed E-state index contributed by atoms with van der Waals surface area (Å²) >= 11 is 0. The first kappa shape index (κ1) is 20.2. The van der Waals surface area contributed by atoms with E-state index in [1.165, 1.54) is 0 Å². The van der Waals surface area contributed by atoms with E-state index >= 15 is 0 Å². The Labute approximate surface area is 187 Å². The molecule has 0 amide bonds. The number of methoxy groups -OCH3 is 1. The summed E-state index contributed by atoms with van der Waals surface area (Å²) in [4.78, 5) is 18.4. The Hall–Kier alpha value is -3.68. The molecule has 0 atom stereocenters. The third-order valence-corrected chi connectivity index (χ3v) is 5.85. The predicted octanol–water partition coefficient (Wildman–Crippen LogP) is 3.64. The third-order valence-electron chi connectivity index (χ3n) is 5.85. The van der Waals surface area contributed by atoms with Gasteiger partial charge in [0.05, 0.1) is 18.5 Å². The number of ether oxygens (including phenoxy) is 1. The van der Waals surface area contributed by atoms with Gasteiger partial charge in [-0.3, -0.25) is 4.98 Å². The molecule has 0 spiro atoms. The highest BCUT2D eigenvalue weighted by molar-refractivity contribution is 5.61. The van der Waals surface area contributed by atoms with E-state index in [0.717, 1.165) is 54.7 Å². The van der Waals surface area contributed by atoms with Crippen LogP contribution in [0.25, 0.3) is 17.2 Å². The van der Waals surface area contributed by atoms with E-state index in [-0.39, 0.29) is 0 Å². The lowest BCUT2D eigenvalue weighted by Gasteiger charge is -2.37. The Kier molecular flexibility index (Phi) is 5.34.